The molecule has 3 fully saturated rings. The van der Waals surface area contributed by atoms with Crippen molar-refractivity contribution in [3.05, 3.63) is 24.3 Å². The molecule has 19 heteroatoms. The third-order valence-corrected chi connectivity index (χ3v) is 19.3. The van der Waals surface area contributed by atoms with Crippen LogP contribution in [0, 0.1) is 0 Å². The zero-order valence-electron chi connectivity index (χ0n) is 58.3. The van der Waals surface area contributed by atoms with Crippen molar-refractivity contribution >= 4 is 5.91 Å². The predicted molar refractivity (Wildman–Crippen MR) is 365 cm³/mol. The number of carbonyl (C=O) groups excluding carboxylic acids is 1. The molecule has 0 spiro atoms. The summed E-state index contributed by atoms with van der Waals surface area (Å²) >= 11 is 0. The van der Waals surface area contributed by atoms with Crippen LogP contribution in [0.15, 0.2) is 24.3 Å². The molecule has 0 aromatic heterocycles. The number of hydrogen-bond donors (Lipinski definition) is 12. The van der Waals surface area contributed by atoms with Crippen molar-refractivity contribution in [1.82, 2.24) is 5.32 Å². The summed E-state index contributed by atoms with van der Waals surface area (Å²) < 4.78 is 34.4. The highest BCUT2D eigenvalue weighted by molar-refractivity contribution is 5.76. The van der Waals surface area contributed by atoms with E-state index in [2.05, 4.69) is 31.3 Å². The third-order valence-electron chi connectivity index (χ3n) is 19.3. The predicted octanol–water partition coefficient (Wildman–Crippen LogP) is 11.4. The van der Waals surface area contributed by atoms with Crippen molar-refractivity contribution in [3.8, 4) is 0 Å². The van der Waals surface area contributed by atoms with Gasteiger partial charge in [-0.2, -0.15) is 0 Å². The normalized spacial score (nSPS) is 27.6. The Kier molecular flexibility index (Phi) is 51.5. The molecular formula is C74H139NO18. The minimum Gasteiger partial charge on any atom is -0.394 e. The number of amides is 1. The number of ether oxygens (including phenoxy) is 6. The first kappa shape index (κ1) is 85.5. The van der Waals surface area contributed by atoms with E-state index in [1.165, 1.54) is 238 Å². The Morgan fingerprint density at radius 1 is 0.376 bits per heavy atom. The van der Waals surface area contributed by atoms with Gasteiger partial charge in [0.15, 0.2) is 18.9 Å². The number of allylic oxidation sites excluding steroid dienone is 3. The molecule has 0 aromatic carbocycles. The van der Waals surface area contributed by atoms with Crippen LogP contribution >= 0.6 is 0 Å². The van der Waals surface area contributed by atoms with E-state index in [0.29, 0.717) is 12.8 Å². The van der Waals surface area contributed by atoms with Gasteiger partial charge >= 0.3 is 0 Å². The molecule has 0 aliphatic carbocycles. The summed E-state index contributed by atoms with van der Waals surface area (Å²) in [4.78, 5) is 13.4. The molecule has 548 valence electrons. The molecule has 17 atom stereocenters. The van der Waals surface area contributed by atoms with Gasteiger partial charge in [-0.3, -0.25) is 4.79 Å². The Hall–Kier alpha value is -1.73. The van der Waals surface area contributed by atoms with E-state index >= 15 is 0 Å². The molecule has 0 aromatic rings. The van der Waals surface area contributed by atoms with Crippen molar-refractivity contribution in [2.45, 2.75) is 413 Å². The molecule has 3 aliphatic heterocycles. The van der Waals surface area contributed by atoms with Crippen molar-refractivity contribution in [3.63, 3.8) is 0 Å². The van der Waals surface area contributed by atoms with Gasteiger partial charge in [0.25, 0.3) is 0 Å². The molecule has 19 nitrogen and oxygen atoms in total. The molecular weight excluding hydrogens is 1190 g/mol. The molecule has 0 bridgehead atoms. The van der Waals surface area contributed by atoms with Gasteiger partial charge in [0.1, 0.15) is 73.2 Å². The quantitative estimate of drug-likeness (QED) is 0.0199. The monoisotopic (exact) mass is 1330 g/mol. The summed E-state index contributed by atoms with van der Waals surface area (Å²) in [5, 5.41) is 121. The fraction of sp³-hybridized carbons (Fsp3) is 0.932. The lowest BCUT2D eigenvalue weighted by molar-refractivity contribution is -0.379. The van der Waals surface area contributed by atoms with Crippen molar-refractivity contribution in [2.24, 2.45) is 0 Å². The van der Waals surface area contributed by atoms with Crippen LogP contribution in [0.2, 0.25) is 0 Å². The molecule has 3 rings (SSSR count). The Balaban J connectivity index is 1.41. The van der Waals surface area contributed by atoms with Crippen LogP contribution in [-0.4, -0.2) is 193 Å². The first-order valence-electron chi connectivity index (χ1n) is 38.1. The maximum Gasteiger partial charge on any atom is 0.220 e. The van der Waals surface area contributed by atoms with Gasteiger partial charge in [-0.25, -0.2) is 0 Å². The van der Waals surface area contributed by atoms with Crippen LogP contribution in [0.5, 0.6) is 0 Å². The van der Waals surface area contributed by atoms with E-state index in [1.54, 1.807) is 6.08 Å². The maximum absolute atomic E-state index is 13.4. The first-order chi connectivity index (χ1) is 45.3. The van der Waals surface area contributed by atoms with E-state index < -0.39 is 124 Å². The number of rotatable bonds is 60. The van der Waals surface area contributed by atoms with Crippen molar-refractivity contribution in [2.75, 3.05) is 26.4 Å². The fourth-order valence-corrected chi connectivity index (χ4v) is 13.1. The number of carbonyl (C=O) groups is 1. The number of aliphatic hydroxyl groups excluding tert-OH is 11. The lowest BCUT2D eigenvalue weighted by Crippen LogP contribution is -2.66. The van der Waals surface area contributed by atoms with Gasteiger partial charge in [0, 0.05) is 6.42 Å². The van der Waals surface area contributed by atoms with Crippen LogP contribution in [0.25, 0.3) is 0 Å². The molecule has 0 radical (unpaired) electrons. The van der Waals surface area contributed by atoms with Gasteiger partial charge in [0.2, 0.25) is 5.91 Å². The number of hydrogen-bond acceptors (Lipinski definition) is 18. The Labute approximate surface area is 562 Å². The van der Waals surface area contributed by atoms with Crippen molar-refractivity contribution < 1.29 is 89.4 Å². The highest BCUT2D eigenvalue weighted by Gasteiger charge is 2.53. The summed E-state index contributed by atoms with van der Waals surface area (Å²) in [5.41, 5.74) is 0. The first-order valence-corrected chi connectivity index (χ1v) is 38.1. The Morgan fingerprint density at radius 2 is 0.688 bits per heavy atom. The van der Waals surface area contributed by atoms with E-state index in [-0.39, 0.29) is 18.9 Å². The topological polar surface area (TPSA) is 307 Å². The highest BCUT2D eigenvalue weighted by atomic mass is 16.8. The zero-order valence-corrected chi connectivity index (χ0v) is 58.3. The van der Waals surface area contributed by atoms with Crippen LogP contribution in [0.3, 0.4) is 0 Å². The molecule has 3 saturated heterocycles. The van der Waals surface area contributed by atoms with Crippen LogP contribution in [-0.2, 0) is 33.2 Å². The van der Waals surface area contributed by atoms with Crippen LogP contribution in [0.1, 0.15) is 309 Å². The summed E-state index contributed by atoms with van der Waals surface area (Å²) in [7, 11) is 0. The van der Waals surface area contributed by atoms with E-state index in [0.717, 1.165) is 38.5 Å². The Bertz CT molecular complexity index is 1780. The highest BCUT2D eigenvalue weighted by Crippen LogP contribution is 2.33. The fourth-order valence-electron chi connectivity index (χ4n) is 13.1. The van der Waals surface area contributed by atoms with Gasteiger partial charge in [-0.05, 0) is 32.1 Å². The number of aliphatic hydroxyl groups is 11. The van der Waals surface area contributed by atoms with E-state index in [1.807, 2.05) is 6.08 Å². The van der Waals surface area contributed by atoms with Gasteiger partial charge in [0.05, 0.1) is 38.6 Å². The average molecular weight is 1330 g/mol. The second-order valence-corrected chi connectivity index (χ2v) is 27.5. The summed E-state index contributed by atoms with van der Waals surface area (Å²) in [6, 6.07) is -0.987. The lowest BCUT2D eigenvalue weighted by Gasteiger charge is -2.48. The number of unbranched alkanes of at least 4 members (excludes halogenated alkanes) is 42. The minimum atomic E-state index is -1.98. The maximum atomic E-state index is 13.4. The molecule has 1 amide bonds. The summed E-state index contributed by atoms with van der Waals surface area (Å²) in [5.74, 6) is -0.278. The number of nitrogens with one attached hydrogen (secondary N) is 1. The summed E-state index contributed by atoms with van der Waals surface area (Å²) in [6.45, 7) is 1.77. The summed E-state index contributed by atoms with van der Waals surface area (Å²) in [6.07, 6.45) is 38.8. The molecule has 93 heavy (non-hydrogen) atoms. The van der Waals surface area contributed by atoms with Crippen LogP contribution < -0.4 is 5.32 Å². The second-order valence-electron chi connectivity index (χ2n) is 27.5. The van der Waals surface area contributed by atoms with Gasteiger partial charge < -0.3 is 89.9 Å². The van der Waals surface area contributed by atoms with E-state index in [4.69, 9.17) is 28.4 Å². The Morgan fingerprint density at radius 3 is 1.08 bits per heavy atom. The minimum absolute atomic E-state index is 0.241. The second kappa shape index (κ2) is 56.1. The third kappa shape index (κ3) is 37.3. The average Bonchev–Trinajstić information content (AvgIpc) is 0.816. The van der Waals surface area contributed by atoms with Gasteiger partial charge in [-0.1, -0.05) is 295 Å². The van der Waals surface area contributed by atoms with Gasteiger partial charge in [-0.15, -0.1) is 0 Å². The lowest BCUT2D eigenvalue weighted by atomic mass is 9.96. The smallest absolute Gasteiger partial charge is 0.220 e. The van der Waals surface area contributed by atoms with Crippen LogP contribution in [0.4, 0.5) is 0 Å². The van der Waals surface area contributed by atoms with E-state index in [9.17, 15) is 61.0 Å². The molecule has 3 heterocycles. The standard InChI is InChI=1S/C74H139NO18/c1-3-5-7-9-11-13-15-17-19-21-23-25-27-28-29-30-32-34-36-38-40-42-44-46-48-50-52-62(80)75-57(58(79)51-49-47-45-43-41-39-37-35-33-31-26-24-22-20-18-16-14-12-10-8-6-4-2)56-88-72-68(86)65(83)70(60(54-77)90-72)93-74-69(87)66(84)71(61(55-78)91-74)92-73-67(85)64(82)63(81)59(53-76)89-73/h41,43,49,51,57-61,63-74,76-79,81-87H,3-40,42,44-48,50,52-56H2,1-2H3,(H,75,80)/b43-41+,51-49+. The molecule has 3 aliphatic rings. The molecule has 17 unspecified atom stereocenters. The SMILES string of the molecule is CCCCCCCCCCCCCCCCCC/C=C/CC/C=C/C(O)C(COC1OC(CO)C(OC2OC(CO)C(OC3OC(CO)C(O)C(O)C3O)C(O)C2O)C(O)C1O)NC(=O)CCCCCCCCCCCCCCCCCCCCCCCCCCCC. The largest absolute Gasteiger partial charge is 0.394 e. The van der Waals surface area contributed by atoms with Crippen molar-refractivity contribution in [1.29, 1.82) is 0 Å². The molecule has 12 N–H and O–H groups in total. The molecule has 0 saturated carbocycles. The zero-order chi connectivity index (χ0) is 67.5.